The highest BCUT2D eigenvalue weighted by molar-refractivity contribution is 8.00. The van der Waals surface area contributed by atoms with Crippen molar-refractivity contribution in [3.05, 3.63) is 0 Å². The topological polar surface area (TPSA) is 15.3 Å². The maximum Gasteiger partial charge on any atom is 0.0187 e. The molecule has 0 aromatic heterocycles. The van der Waals surface area contributed by atoms with Crippen LogP contribution in [0.25, 0.3) is 0 Å². The molecule has 2 nitrogen and oxygen atoms in total. The monoisotopic (exact) mass is 258 g/mol. The zero-order valence-corrected chi connectivity index (χ0v) is 13.2. The summed E-state index contributed by atoms with van der Waals surface area (Å²) in [6.45, 7) is 16.3. The van der Waals surface area contributed by atoms with Gasteiger partial charge >= 0.3 is 0 Å². The van der Waals surface area contributed by atoms with Crippen LogP contribution in [-0.2, 0) is 0 Å². The van der Waals surface area contributed by atoms with E-state index >= 15 is 0 Å². The van der Waals surface area contributed by atoms with Crippen LogP contribution in [0.4, 0.5) is 0 Å². The third-order valence-corrected chi connectivity index (χ3v) is 5.47. The Morgan fingerprint density at radius 2 is 1.88 bits per heavy atom. The SMILES string of the molecule is CC(C)NCC(C)C(C)N1CCSC(C)C1C. The van der Waals surface area contributed by atoms with Crippen molar-refractivity contribution in [1.82, 2.24) is 10.2 Å². The molecular formula is C14H30N2S. The van der Waals surface area contributed by atoms with Gasteiger partial charge in [-0.1, -0.05) is 27.7 Å². The fraction of sp³-hybridized carbons (Fsp3) is 1.00. The molecule has 17 heavy (non-hydrogen) atoms. The molecule has 0 amide bonds. The van der Waals surface area contributed by atoms with Crippen LogP contribution in [0.2, 0.25) is 0 Å². The van der Waals surface area contributed by atoms with E-state index in [0.29, 0.717) is 18.1 Å². The zero-order chi connectivity index (χ0) is 13.0. The maximum absolute atomic E-state index is 3.56. The molecule has 1 aliphatic heterocycles. The average Bonchev–Trinajstić information content (AvgIpc) is 2.28. The Bertz CT molecular complexity index is 220. The van der Waals surface area contributed by atoms with E-state index in [-0.39, 0.29) is 0 Å². The van der Waals surface area contributed by atoms with Crippen molar-refractivity contribution in [2.75, 3.05) is 18.8 Å². The Balaban J connectivity index is 2.46. The first-order chi connectivity index (χ1) is 7.93. The van der Waals surface area contributed by atoms with Crippen LogP contribution in [0.3, 0.4) is 0 Å². The van der Waals surface area contributed by atoms with Crippen molar-refractivity contribution in [3.8, 4) is 0 Å². The van der Waals surface area contributed by atoms with Crippen LogP contribution in [0.15, 0.2) is 0 Å². The molecule has 3 heteroatoms. The van der Waals surface area contributed by atoms with Crippen molar-refractivity contribution in [2.45, 2.75) is 64.9 Å². The van der Waals surface area contributed by atoms with E-state index in [1.54, 1.807) is 0 Å². The Hall–Kier alpha value is 0.270. The highest BCUT2D eigenvalue weighted by Crippen LogP contribution is 2.27. The lowest BCUT2D eigenvalue weighted by molar-refractivity contribution is 0.117. The molecule has 1 fully saturated rings. The highest BCUT2D eigenvalue weighted by Gasteiger charge is 2.30. The van der Waals surface area contributed by atoms with Crippen molar-refractivity contribution >= 4 is 11.8 Å². The Labute approximate surface area is 112 Å². The number of hydrogen-bond donors (Lipinski definition) is 1. The van der Waals surface area contributed by atoms with E-state index in [2.05, 4.69) is 63.5 Å². The van der Waals surface area contributed by atoms with E-state index in [0.717, 1.165) is 17.7 Å². The van der Waals surface area contributed by atoms with Gasteiger partial charge in [-0.2, -0.15) is 11.8 Å². The minimum atomic E-state index is 0.595. The predicted octanol–water partition coefficient (Wildman–Crippen LogP) is 2.83. The van der Waals surface area contributed by atoms with Gasteiger partial charge < -0.3 is 5.32 Å². The number of nitrogens with one attached hydrogen (secondary N) is 1. The maximum atomic E-state index is 3.56. The molecule has 1 rings (SSSR count). The lowest BCUT2D eigenvalue weighted by atomic mass is 9.99. The lowest BCUT2D eigenvalue weighted by Crippen LogP contribution is -2.52. The van der Waals surface area contributed by atoms with Crippen LogP contribution in [-0.4, -0.2) is 47.1 Å². The fourth-order valence-electron chi connectivity index (χ4n) is 2.45. The first-order valence-electron chi connectivity index (χ1n) is 7.04. The molecule has 4 unspecified atom stereocenters. The van der Waals surface area contributed by atoms with Crippen molar-refractivity contribution in [3.63, 3.8) is 0 Å². The van der Waals surface area contributed by atoms with Gasteiger partial charge in [0.2, 0.25) is 0 Å². The zero-order valence-electron chi connectivity index (χ0n) is 12.4. The number of rotatable bonds is 5. The number of nitrogens with zero attached hydrogens (tertiary/aromatic N) is 1. The second kappa shape index (κ2) is 7.01. The van der Waals surface area contributed by atoms with Crippen molar-refractivity contribution in [2.24, 2.45) is 5.92 Å². The Morgan fingerprint density at radius 3 is 2.47 bits per heavy atom. The molecule has 1 saturated heterocycles. The molecule has 0 aliphatic carbocycles. The number of hydrogen-bond acceptors (Lipinski definition) is 3. The minimum Gasteiger partial charge on any atom is -0.314 e. The van der Waals surface area contributed by atoms with E-state index in [1.165, 1.54) is 12.3 Å². The molecule has 1 aliphatic rings. The predicted molar refractivity (Wildman–Crippen MR) is 79.9 cm³/mol. The van der Waals surface area contributed by atoms with Gasteiger partial charge in [0.05, 0.1) is 0 Å². The van der Waals surface area contributed by atoms with Gasteiger partial charge in [0.1, 0.15) is 0 Å². The van der Waals surface area contributed by atoms with E-state index in [4.69, 9.17) is 0 Å². The summed E-state index contributed by atoms with van der Waals surface area (Å²) in [5.74, 6) is 2.01. The quantitative estimate of drug-likeness (QED) is 0.816. The van der Waals surface area contributed by atoms with Gasteiger partial charge in [0, 0.05) is 35.7 Å². The molecule has 4 atom stereocenters. The summed E-state index contributed by atoms with van der Waals surface area (Å²) in [5.41, 5.74) is 0. The molecule has 0 bridgehead atoms. The first kappa shape index (κ1) is 15.3. The molecule has 0 spiro atoms. The third-order valence-electron chi connectivity index (χ3n) is 4.13. The van der Waals surface area contributed by atoms with Gasteiger partial charge in [0.15, 0.2) is 0 Å². The van der Waals surface area contributed by atoms with E-state index in [9.17, 15) is 0 Å². The van der Waals surface area contributed by atoms with Crippen molar-refractivity contribution in [1.29, 1.82) is 0 Å². The van der Waals surface area contributed by atoms with E-state index in [1.807, 2.05) is 0 Å². The second-order valence-electron chi connectivity index (χ2n) is 5.84. The highest BCUT2D eigenvalue weighted by atomic mass is 32.2. The summed E-state index contributed by atoms with van der Waals surface area (Å²) in [6, 6.07) is 1.99. The van der Waals surface area contributed by atoms with Gasteiger partial charge in [0.25, 0.3) is 0 Å². The summed E-state index contributed by atoms with van der Waals surface area (Å²) < 4.78 is 0. The molecular weight excluding hydrogens is 228 g/mol. The largest absolute Gasteiger partial charge is 0.314 e. The minimum absolute atomic E-state index is 0.595. The molecule has 0 radical (unpaired) electrons. The molecule has 1 N–H and O–H groups in total. The number of thioether (sulfide) groups is 1. The van der Waals surface area contributed by atoms with Crippen molar-refractivity contribution < 1.29 is 0 Å². The summed E-state index contributed by atoms with van der Waals surface area (Å²) >= 11 is 2.12. The Kier molecular flexibility index (Phi) is 6.32. The summed E-state index contributed by atoms with van der Waals surface area (Å²) in [6.07, 6.45) is 0. The fourth-order valence-corrected chi connectivity index (χ4v) is 3.57. The lowest BCUT2D eigenvalue weighted by Gasteiger charge is -2.43. The molecule has 0 saturated carbocycles. The van der Waals surface area contributed by atoms with Gasteiger partial charge in [-0.25, -0.2) is 0 Å². The summed E-state index contributed by atoms with van der Waals surface area (Å²) in [5, 5.41) is 4.33. The standard InChI is InChI=1S/C14H30N2S/c1-10(2)15-9-11(3)12(4)16-7-8-17-14(6)13(16)5/h10-15H,7-9H2,1-6H3. The van der Waals surface area contributed by atoms with Gasteiger partial charge in [-0.05, 0) is 26.3 Å². The normalized spacial score (nSPS) is 30.5. The second-order valence-corrected chi connectivity index (χ2v) is 7.32. The van der Waals surface area contributed by atoms with Crippen LogP contribution in [0, 0.1) is 5.92 Å². The average molecular weight is 258 g/mol. The third kappa shape index (κ3) is 4.46. The molecule has 0 aromatic rings. The van der Waals surface area contributed by atoms with Crippen LogP contribution < -0.4 is 5.32 Å². The Morgan fingerprint density at radius 1 is 1.24 bits per heavy atom. The van der Waals surface area contributed by atoms with Crippen LogP contribution in [0.1, 0.15) is 41.5 Å². The van der Waals surface area contributed by atoms with Gasteiger partial charge in [-0.3, -0.25) is 4.90 Å². The van der Waals surface area contributed by atoms with E-state index < -0.39 is 0 Å². The summed E-state index contributed by atoms with van der Waals surface area (Å²) in [7, 11) is 0. The van der Waals surface area contributed by atoms with Crippen LogP contribution >= 0.6 is 11.8 Å². The smallest absolute Gasteiger partial charge is 0.0187 e. The molecule has 0 aromatic carbocycles. The van der Waals surface area contributed by atoms with Gasteiger partial charge in [-0.15, -0.1) is 0 Å². The first-order valence-corrected chi connectivity index (χ1v) is 8.09. The molecule has 1 heterocycles. The molecule has 102 valence electrons. The summed E-state index contributed by atoms with van der Waals surface area (Å²) in [4.78, 5) is 2.70. The van der Waals surface area contributed by atoms with Crippen LogP contribution in [0.5, 0.6) is 0 Å².